The van der Waals surface area contributed by atoms with Crippen LogP contribution in [0.15, 0.2) is 22.7 Å². The minimum absolute atomic E-state index is 0.268. The Hall–Kier alpha value is -2.28. The molecule has 2 N–H and O–H groups in total. The molecule has 1 aliphatic heterocycles. The third-order valence-corrected chi connectivity index (χ3v) is 4.14. The number of carbonyl (C=O) groups excluding carboxylic acids is 1. The maximum absolute atomic E-state index is 10.9. The van der Waals surface area contributed by atoms with Gasteiger partial charge in [-0.1, -0.05) is 11.2 Å². The number of amides is 1. The van der Waals surface area contributed by atoms with Gasteiger partial charge in [-0.25, -0.2) is 4.98 Å². The number of rotatable bonds is 5. The van der Waals surface area contributed by atoms with Crippen LogP contribution in [0.3, 0.4) is 0 Å². The summed E-state index contributed by atoms with van der Waals surface area (Å²) in [6, 6.07) is 5.75. The molecule has 0 radical (unpaired) electrons. The van der Waals surface area contributed by atoms with E-state index in [4.69, 9.17) is 10.3 Å². The molecule has 7 heteroatoms. The summed E-state index contributed by atoms with van der Waals surface area (Å²) < 4.78 is 5.36. The summed E-state index contributed by atoms with van der Waals surface area (Å²) in [5.41, 5.74) is 6.89. The first-order valence-electron chi connectivity index (χ1n) is 7.87. The van der Waals surface area contributed by atoms with Crippen LogP contribution in [0.1, 0.15) is 24.4 Å². The summed E-state index contributed by atoms with van der Waals surface area (Å²) in [5, 5.41) is 4.03. The summed E-state index contributed by atoms with van der Waals surface area (Å²) in [5.74, 6) is 1.42. The zero-order valence-electron chi connectivity index (χ0n) is 13.2. The van der Waals surface area contributed by atoms with Gasteiger partial charge in [0, 0.05) is 12.1 Å². The largest absolute Gasteiger partial charge is 0.369 e. The minimum Gasteiger partial charge on any atom is -0.369 e. The van der Waals surface area contributed by atoms with E-state index in [9.17, 15) is 4.79 Å². The molecule has 0 atom stereocenters. The van der Waals surface area contributed by atoms with E-state index in [1.54, 1.807) is 0 Å². The van der Waals surface area contributed by atoms with Crippen molar-refractivity contribution in [3.05, 3.63) is 29.8 Å². The highest BCUT2D eigenvalue weighted by atomic mass is 16.5. The summed E-state index contributed by atoms with van der Waals surface area (Å²) in [4.78, 5) is 21.9. The van der Waals surface area contributed by atoms with Gasteiger partial charge in [-0.05, 0) is 50.9 Å². The molecule has 0 saturated carbocycles. The third-order valence-electron chi connectivity index (χ3n) is 4.14. The first-order valence-corrected chi connectivity index (χ1v) is 7.87. The van der Waals surface area contributed by atoms with Gasteiger partial charge in [0.15, 0.2) is 0 Å². The monoisotopic (exact) mass is 315 g/mol. The molecule has 0 aliphatic carbocycles. The van der Waals surface area contributed by atoms with Gasteiger partial charge in [0.25, 0.3) is 0 Å². The van der Waals surface area contributed by atoms with Gasteiger partial charge < -0.3 is 10.3 Å². The van der Waals surface area contributed by atoms with E-state index < -0.39 is 0 Å². The molecule has 3 rings (SSSR count). The lowest BCUT2D eigenvalue weighted by atomic mass is 9.93. The second-order valence-electron chi connectivity index (χ2n) is 6.07. The molecule has 0 unspecified atom stereocenters. The number of nitrogens with two attached hydrogens (primary N) is 1. The van der Waals surface area contributed by atoms with Crippen molar-refractivity contribution in [1.29, 1.82) is 0 Å². The van der Waals surface area contributed by atoms with Crippen molar-refractivity contribution < 1.29 is 9.32 Å². The standard InChI is InChI=1S/C16H21N5O2/c1-11-3-2-4-13(18-11)16-19-15(23-20-16)9-12-5-7-21(8-6-12)10-14(17)22/h2-4,12H,5-10H2,1H3,(H2,17,22). The molecular formula is C16H21N5O2. The molecule has 3 heterocycles. The number of aromatic nitrogens is 3. The zero-order valence-corrected chi connectivity index (χ0v) is 13.2. The number of aryl methyl sites for hydroxylation is 1. The van der Waals surface area contributed by atoms with Crippen molar-refractivity contribution in [2.75, 3.05) is 19.6 Å². The van der Waals surface area contributed by atoms with E-state index in [-0.39, 0.29) is 5.91 Å². The predicted octanol–water partition coefficient (Wildman–Crippen LogP) is 1.18. The summed E-state index contributed by atoms with van der Waals surface area (Å²) >= 11 is 0. The lowest BCUT2D eigenvalue weighted by Crippen LogP contribution is -2.39. The van der Waals surface area contributed by atoms with E-state index in [2.05, 4.69) is 20.0 Å². The fraction of sp³-hybridized carbons (Fsp3) is 0.500. The molecule has 0 bridgehead atoms. The number of nitrogens with zero attached hydrogens (tertiary/aromatic N) is 4. The van der Waals surface area contributed by atoms with Crippen LogP contribution in [0.25, 0.3) is 11.5 Å². The topological polar surface area (TPSA) is 98.1 Å². The highest BCUT2D eigenvalue weighted by molar-refractivity contribution is 5.75. The Morgan fingerprint density at radius 2 is 2.13 bits per heavy atom. The van der Waals surface area contributed by atoms with Gasteiger partial charge in [-0.15, -0.1) is 0 Å². The van der Waals surface area contributed by atoms with Gasteiger partial charge in [0.2, 0.25) is 17.6 Å². The molecule has 0 aromatic carbocycles. The molecule has 7 nitrogen and oxygen atoms in total. The highest BCUT2D eigenvalue weighted by Crippen LogP contribution is 2.22. The van der Waals surface area contributed by atoms with Crippen molar-refractivity contribution in [3.63, 3.8) is 0 Å². The van der Waals surface area contributed by atoms with Crippen LogP contribution in [0.4, 0.5) is 0 Å². The average molecular weight is 315 g/mol. The van der Waals surface area contributed by atoms with Crippen molar-refractivity contribution >= 4 is 5.91 Å². The van der Waals surface area contributed by atoms with Crippen molar-refractivity contribution in [2.45, 2.75) is 26.2 Å². The number of likely N-dealkylation sites (tertiary alicyclic amines) is 1. The van der Waals surface area contributed by atoms with Crippen LogP contribution < -0.4 is 5.73 Å². The number of piperidine rings is 1. The van der Waals surface area contributed by atoms with Gasteiger partial charge in [-0.2, -0.15) is 4.98 Å². The molecule has 2 aromatic rings. The van der Waals surface area contributed by atoms with Crippen molar-refractivity contribution in [3.8, 4) is 11.5 Å². The van der Waals surface area contributed by atoms with Crippen molar-refractivity contribution in [1.82, 2.24) is 20.0 Å². The van der Waals surface area contributed by atoms with Crippen LogP contribution in [-0.2, 0) is 11.2 Å². The van der Waals surface area contributed by atoms with Gasteiger partial charge in [0.05, 0.1) is 6.54 Å². The molecule has 1 fully saturated rings. The van der Waals surface area contributed by atoms with E-state index >= 15 is 0 Å². The molecule has 23 heavy (non-hydrogen) atoms. The highest BCUT2D eigenvalue weighted by Gasteiger charge is 2.22. The second-order valence-corrected chi connectivity index (χ2v) is 6.07. The van der Waals surface area contributed by atoms with E-state index in [0.29, 0.717) is 24.2 Å². The number of hydrogen-bond acceptors (Lipinski definition) is 6. The Kier molecular flexibility index (Phi) is 4.66. The lowest BCUT2D eigenvalue weighted by molar-refractivity contribution is -0.119. The van der Waals surface area contributed by atoms with Crippen LogP contribution >= 0.6 is 0 Å². The Morgan fingerprint density at radius 3 is 2.83 bits per heavy atom. The third kappa shape index (κ3) is 4.13. The normalized spacial score (nSPS) is 16.6. The SMILES string of the molecule is Cc1cccc(-c2noc(CC3CCN(CC(N)=O)CC3)n2)n1. The lowest BCUT2D eigenvalue weighted by Gasteiger charge is -2.30. The maximum atomic E-state index is 10.9. The molecular weight excluding hydrogens is 294 g/mol. The van der Waals surface area contributed by atoms with E-state index in [0.717, 1.165) is 43.7 Å². The minimum atomic E-state index is -0.268. The average Bonchev–Trinajstić information content (AvgIpc) is 2.97. The molecule has 122 valence electrons. The Bertz CT molecular complexity index is 677. The summed E-state index contributed by atoms with van der Waals surface area (Å²) in [7, 11) is 0. The van der Waals surface area contributed by atoms with Gasteiger partial charge in [0.1, 0.15) is 5.69 Å². The van der Waals surface area contributed by atoms with Crippen LogP contribution in [0, 0.1) is 12.8 Å². The van der Waals surface area contributed by atoms with Crippen LogP contribution in [-0.4, -0.2) is 45.6 Å². The quantitative estimate of drug-likeness (QED) is 0.889. The van der Waals surface area contributed by atoms with Crippen molar-refractivity contribution in [2.24, 2.45) is 11.7 Å². The fourth-order valence-electron chi connectivity index (χ4n) is 2.93. The first kappa shape index (κ1) is 15.6. The second kappa shape index (κ2) is 6.87. The van der Waals surface area contributed by atoms with Crippen LogP contribution in [0.2, 0.25) is 0 Å². The van der Waals surface area contributed by atoms with Gasteiger partial charge in [-0.3, -0.25) is 9.69 Å². The molecule has 1 amide bonds. The smallest absolute Gasteiger partial charge is 0.231 e. The molecule has 0 spiro atoms. The zero-order chi connectivity index (χ0) is 16.2. The maximum Gasteiger partial charge on any atom is 0.231 e. The number of carbonyl (C=O) groups is 1. The van der Waals surface area contributed by atoms with E-state index in [1.165, 1.54) is 0 Å². The summed E-state index contributed by atoms with van der Waals surface area (Å²) in [6.45, 7) is 4.04. The number of primary amides is 1. The number of pyridine rings is 1. The summed E-state index contributed by atoms with van der Waals surface area (Å²) in [6.07, 6.45) is 2.78. The van der Waals surface area contributed by atoms with Crippen LogP contribution in [0.5, 0.6) is 0 Å². The predicted molar refractivity (Wildman–Crippen MR) is 84.3 cm³/mol. The fourth-order valence-corrected chi connectivity index (χ4v) is 2.93. The Morgan fingerprint density at radius 1 is 1.35 bits per heavy atom. The Labute approximate surface area is 134 Å². The molecule has 2 aromatic heterocycles. The number of hydrogen-bond donors (Lipinski definition) is 1. The van der Waals surface area contributed by atoms with E-state index in [1.807, 2.05) is 25.1 Å². The first-order chi connectivity index (χ1) is 11.1. The molecule has 1 saturated heterocycles. The molecule has 1 aliphatic rings. The van der Waals surface area contributed by atoms with Gasteiger partial charge >= 0.3 is 0 Å². The Balaban J connectivity index is 1.57.